The van der Waals surface area contributed by atoms with E-state index < -0.39 is 0 Å². The molecular weight excluding hydrogens is 438 g/mol. The van der Waals surface area contributed by atoms with E-state index in [1.165, 1.54) is 24.6 Å². The molecule has 0 unspecified atom stereocenters. The lowest BCUT2D eigenvalue weighted by Crippen LogP contribution is -2.32. The van der Waals surface area contributed by atoms with Gasteiger partial charge in [0.2, 0.25) is 5.91 Å². The third-order valence-electron chi connectivity index (χ3n) is 5.65. The van der Waals surface area contributed by atoms with Gasteiger partial charge in [-0.3, -0.25) is 9.69 Å². The Morgan fingerprint density at radius 2 is 1.97 bits per heavy atom. The predicted octanol–water partition coefficient (Wildman–Crippen LogP) is 5.42. The summed E-state index contributed by atoms with van der Waals surface area (Å²) in [5, 5.41) is 10.3. The fourth-order valence-corrected chi connectivity index (χ4v) is 5.72. The van der Waals surface area contributed by atoms with Gasteiger partial charge in [-0.2, -0.15) is 0 Å². The van der Waals surface area contributed by atoms with Gasteiger partial charge in [0.05, 0.1) is 22.5 Å². The van der Waals surface area contributed by atoms with Gasteiger partial charge in [0.1, 0.15) is 5.82 Å². The third kappa shape index (κ3) is 4.29. The number of aryl methyl sites for hydroxylation is 1. The van der Waals surface area contributed by atoms with Crippen LogP contribution in [0.15, 0.2) is 53.7 Å². The summed E-state index contributed by atoms with van der Waals surface area (Å²) in [7, 11) is 0. The summed E-state index contributed by atoms with van der Waals surface area (Å²) in [5.74, 6) is 1.91. The Morgan fingerprint density at radius 3 is 2.69 bits per heavy atom. The molecule has 0 bridgehead atoms. The minimum Gasteiger partial charge on any atom is -0.306 e. The second-order valence-electron chi connectivity index (χ2n) is 8.03. The average Bonchev–Trinajstić information content (AvgIpc) is 3.42. The number of para-hydroxylation sites is 1. The Bertz CT molecular complexity index is 1250. The highest BCUT2D eigenvalue weighted by atomic mass is 32.2. The summed E-state index contributed by atoms with van der Waals surface area (Å²) < 4.78 is 3.25. The van der Waals surface area contributed by atoms with Crippen molar-refractivity contribution in [2.75, 3.05) is 10.7 Å². The van der Waals surface area contributed by atoms with Crippen molar-refractivity contribution in [3.8, 4) is 0 Å². The van der Waals surface area contributed by atoms with Gasteiger partial charge in [-0.15, -0.1) is 10.2 Å². The number of fused-ring (bicyclic) bond motifs is 1. The Morgan fingerprint density at radius 1 is 1.16 bits per heavy atom. The van der Waals surface area contributed by atoms with Crippen molar-refractivity contribution in [3.63, 3.8) is 0 Å². The molecule has 0 saturated heterocycles. The van der Waals surface area contributed by atoms with Gasteiger partial charge in [-0.25, -0.2) is 4.98 Å². The molecule has 0 spiro atoms. The summed E-state index contributed by atoms with van der Waals surface area (Å²) in [5.41, 5.74) is 3.16. The predicted molar refractivity (Wildman–Crippen MR) is 130 cm³/mol. The van der Waals surface area contributed by atoms with Crippen molar-refractivity contribution in [2.24, 2.45) is 0 Å². The first-order valence-electron chi connectivity index (χ1n) is 10.9. The molecule has 0 atom stereocenters. The topological polar surface area (TPSA) is 63.9 Å². The SMILES string of the molecule is CCn1c(SCC(=O)N(Cc2ccccc2)c2nc3c(C)cccc3s2)nnc1C1CC1. The van der Waals surface area contributed by atoms with E-state index in [1.807, 2.05) is 36.4 Å². The zero-order valence-electron chi connectivity index (χ0n) is 18.2. The molecule has 4 aromatic rings. The largest absolute Gasteiger partial charge is 0.306 e. The zero-order valence-corrected chi connectivity index (χ0v) is 19.8. The van der Waals surface area contributed by atoms with Crippen LogP contribution in [0.3, 0.4) is 0 Å². The van der Waals surface area contributed by atoms with Crippen molar-refractivity contribution in [1.29, 1.82) is 0 Å². The molecule has 1 fully saturated rings. The molecular formula is C24H25N5OS2. The number of amides is 1. The standard InChI is InChI=1S/C24H25N5OS2/c1-3-28-22(18-12-13-18)26-27-24(28)31-15-20(30)29(14-17-9-5-4-6-10-17)23-25-21-16(2)8-7-11-19(21)32-23/h4-11,18H,3,12-15H2,1-2H3. The van der Waals surface area contributed by atoms with Gasteiger partial charge in [-0.1, -0.05) is 65.6 Å². The summed E-state index contributed by atoms with van der Waals surface area (Å²) in [6, 6.07) is 16.2. The third-order valence-corrected chi connectivity index (χ3v) is 7.65. The van der Waals surface area contributed by atoms with Crippen molar-refractivity contribution in [3.05, 3.63) is 65.5 Å². The molecule has 1 aliphatic rings. The number of carbonyl (C=O) groups is 1. The van der Waals surface area contributed by atoms with E-state index in [4.69, 9.17) is 4.98 Å². The zero-order chi connectivity index (χ0) is 22.1. The highest BCUT2D eigenvalue weighted by Gasteiger charge is 2.30. The van der Waals surface area contributed by atoms with Gasteiger partial charge < -0.3 is 4.57 Å². The van der Waals surface area contributed by atoms with Crippen LogP contribution in [-0.2, 0) is 17.9 Å². The van der Waals surface area contributed by atoms with Crippen LogP contribution in [0.4, 0.5) is 5.13 Å². The highest BCUT2D eigenvalue weighted by molar-refractivity contribution is 7.99. The normalized spacial score (nSPS) is 13.6. The van der Waals surface area contributed by atoms with E-state index in [0.29, 0.717) is 18.2 Å². The van der Waals surface area contributed by atoms with E-state index in [1.54, 1.807) is 16.2 Å². The minimum absolute atomic E-state index is 0.0224. The number of rotatable bonds is 8. The second-order valence-corrected chi connectivity index (χ2v) is 9.98. The Balaban J connectivity index is 1.40. The van der Waals surface area contributed by atoms with Gasteiger partial charge in [0, 0.05) is 12.5 Å². The van der Waals surface area contributed by atoms with E-state index in [0.717, 1.165) is 44.0 Å². The molecule has 0 N–H and O–H groups in total. The molecule has 0 radical (unpaired) electrons. The number of thioether (sulfide) groups is 1. The first-order valence-corrected chi connectivity index (χ1v) is 12.7. The summed E-state index contributed by atoms with van der Waals surface area (Å²) in [6.07, 6.45) is 2.37. The summed E-state index contributed by atoms with van der Waals surface area (Å²) in [6.45, 7) is 5.47. The van der Waals surface area contributed by atoms with Gasteiger partial charge in [0.15, 0.2) is 10.3 Å². The second kappa shape index (κ2) is 9.03. The fourth-order valence-electron chi connectivity index (χ4n) is 3.77. The Labute approximate surface area is 195 Å². The molecule has 2 aromatic carbocycles. The van der Waals surface area contributed by atoms with Crippen LogP contribution >= 0.6 is 23.1 Å². The first kappa shape index (κ1) is 21.2. The van der Waals surface area contributed by atoms with Crippen molar-refractivity contribution in [1.82, 2.24) is 19.7 Å². The van der Waals surface area contributed by atoms with E-state index in [2.05, 4.69) is 40.7 Å². The molecule has 0 aliphatic heterocycles. The number of thiazole rings is 1. The van der Waals surface area contributed by atoms with Crippen LogP contribution < -0.4 is 4.90 Å². The van der Waals surface area contributed by atoms with Crippen LogP contribution in [0.25, 0.3) is 10.2 Å². The molecule has 164 valence electrons. The number of carbonyl (C=O) groups excluding carboxylic acids is 1. The maximum Gasteiger partial charge on any atom is 0.239 e. The maximum absolute atomic E-state index is 13.5. The van der Waals surface area contributed by atoms with Crippen LogP contribution in [-0.4, -0.2) is 31.4 Å². The number of benzene rings is 2. The van der Waals surface area contributed by atoms with Gasteiger partial charge in [-0.05, 0) is 43.9 Å². The van der Waals surface area contributed by atoms with Crippen molar-refractivity contribution in [2.45, 2.75) is 50.9 Å². The monoisotopic (exact) mass is 463 g/mol. The molecule has 1 aliphatic carbocycles. The number of aromatic nitrogens is 4. The Hall–Kier alpha value is -2.71. The molecule has 1 saturated carbocycles. The van der Waals surface area contributed by atoms with Crippen LogP contribution in [0, 0.1) is 6.92 Å². The van der Waals surface area contributed by atoms with Crippen LogP contribution in [0.2, 0.25) is 0 Å². The van der Waals surface area contributed by atoms with E-state index >= 15 is 0 Å². The lowest BCUT2D eigenvalue weighted by atomic mass is 10.2. The number of hydrogen-bond donors (Lipinski definition) is 0. The van der Waals surface area contributed by atoms with E-state index in [-0.39, 0.29) is 5.91 Å². The molecule has 8 heteroatoms. The molecule has 1 amide bonds. The average molecular weight is 464 g/mol. The number of anilines is 1. The molecule has 5 rings (SSSR count). The smallest absolute Gasteiger partial charge is 0.239 e. The number of nitrogens with zero attached hydrogens (tertiary/aromatic N) is 5. The minimum atomic E-state index is 0.0224. The van der Waals surface area contributed by atoms with Crippen LogP contribution in [0.5, 0.6) is 0 Å². The molecule has 2 heterocycles. The van der Waals surface area contributed by atoms with Crippen molar-refractivity contribution >= 4 is 44.4 Å². The molecule has 2 aromatic heterocycles. The quantitative estimate of drug-likeness (QED) is 0.327. The maximum atomic E-state index is 13.5. The van der Waals surface area contributed by atoms with Gasteiger partial charge in [0.25, 0.3) is 0 Å². The van der Waals surface area contributed by atoms with Crippen molar-refractivity contribution < 1.29 is 4.79 Å². The highest BCUT2D eigenvalue weighted by Crippen LogP contribution is 2.40. The lowest BCUT2D eigenvalue weighted by Gasteiger charge is -2.20. The fraction of sp³-hybridized carbons (Fsp3) is 0.333. The van der Waals surface area contributed by atoms with Crippen LogP contribution in [0.1, 0.15) is 42.6 Å². The summed E-state index contributed by atoms with van der Waals surface area (Å²) in [4.78, 5) is 20.1. The van der Waals surface area contributed by atoms with E-state index in [9.17, 15) is 4.79 Å². The summed E-state index contributed by atoms with van der Waals surface area (Å²) >= 11 is 3.03. The Kier molecular flexibility index (Phi) is 5.97. The lowest BCUT2D eigenvalue weighted by molar-refractivity contribution is -0.116. The van der Waals surface area contributed by atoms with Gasteiger partial charge >= 0.3 is 0 Å². The first-order chi connectivity index (χ1) is 15.6. The number of hydrogen-bond acceptors (Lipinski definition) is 6. The molecule has 32 heavy (non-hydrogen) atoms. The molecule has 6 nitrogen and oxygen atoms in total.